The zero-order chi connectivity index (χ0) is 52.6. The molecule has 12 rings (SSSR count). The number of aliphatic hydroxyl groups is 1. The van der Waals surface area contributed by atoms with Gasteiger partial charge in [0, 0.05) is 55.9 Å². The number of anilines is 3. The second kappa shape index (κ2) is 27.0. The number of aliphatic hydroxyl groups excluding tert-OH is 1. The summed E-state index contributed by atoms with van der Waals surface area (Å²) in [5, 5.41) is 18.4. The minimum absolute atomic E-state index is 0.249. The fourth-order valence-electron chi connectivity index (χ4n) is 10.9. The summed E-state index contributed by atoms with van der Waals surface area (Å²) in [6.45, 7) is 3.25. The maximum atomic E-state index is 7.57. The van der Waals surface area contributed by atoms with Crippen LogP contribution in [0.2, 0.25) is 5.28 Å². The normalized spacial score (nSPS) is 19.7. The van der Waals surface area contributed by atoms with Gasteiger partial charge in [-0.05, 0) is 129 Å². The molecule has 0 radical (unpaired) electrons. The van der Waals surface area contributed by atoms with Crippen molar-refractivity contribution in [3.05, 3.63) is 138 Å². The first-order valence-corrected chi connectivity index (χ1v) is 28.1. The van der Waals surface area contributed by atoms with Gasteiger partial charge in [-0.25, -0.2) is 9.97 Å². The average Bonchev–Trinajstić information content (AvgIpc) is 4.32. The summed E-state index contributed by atoms with van der Waals surface area (Å²) in [4.78, 5) is 28.0. The van der Waals surface area contributed by atoms with E-state index in [-0.39, 0.29) is 11.9 Å². The number of rotatable bonds is 12. The van der Waals surface area contributed by atoms with E-state index >= 15 is 0 Å². The Morgan fingerprint density at radius 3 is 1.32 bits per heavy atom. The Morgan fingerprint density at radius 2 is 0.882 bits per heavy atom. The van der Waals surface area contributed by atoms with Crippen LogP contribution in [-0.4, -0.2) is 74.9 Å². The molecule has 0 saturated heterocycles. The van der Waals surface area contributed by atoms with E-state index in [2.05, 4.69) is 137 Å². The van der Waals surface area contributed by atoms with Gasteiger partial charge in [0.25, 0.3) is 0 Å². The zero-order valence-corrected chi connectivity index (χ0v) is 44.8. The highest BCUT2D eigenvalue weighted by Crippen LogP contribution is 2.35. The summed E-state index contributed by atoms with van der Waals surface area (Å²) in [5.41, 5.74) is 28.0. The lowest BCUT2D eigenvalue weighted by molar-refractivity contribution is 0.318. The fourth-order valence-corrected chi connectivity index (χ4v) is 11.0. The van der Waals surface area contributed by atoms with Crippen LogP contribution in [0.1, 0.15) is 133 Å². The third-order valence-corrected chi connectivity index (χ3v) is 15.4. The maximum Gasteiger partial charge on any atom is 0.227 e. The number of benzene rings is 4. The van der Waals surface area contributed by atoms with Crippen LogP contribution in [0.4, 0.5) is 17.6 Å². The minimum atomic E-state index is 0.249. The second-order valence-electron chi connectivity index (χ2n) is 20.8. The van der Waals surface area contributed by atoms with Crippen LogP contribution < -0.4 is 33.2 Å². The molecule has 4 aliphatic rings. The lowest BCUT2D eigenvalue weighted by Gasteiger charge is -2.27. The van der Waals surface area contributed by atoms with E-state index in [1.54, 1.807) is 6.92 Å². The molecule has 0 aliphatic heterocycles. The van der Waals surface area contributed by atoms with Crippen LogP contribution >= 0.6 is 11.6 Å². The van der Waals surface area contributed by atoms with Gasteiger partial charge in [-0.15, -0.1) is 0 Å². The summed E-state index contributed by atoms with van der Waals surface area (Å²) >= 11 is 6.23. The van der Waals surface area contributed by atoms with Gasteiger partial charge in [-0.2, -0.15) is 19.9 Å². The van der Waals surface area contributed by atoms with E-state index in [0.717, 1.165) is 79.5 Å². The van der Waals surface area contributed by atoms with Crippen molar-refractivity contribution in [1.29, 1.82) is 0 Å². The number of hydrogen-bond acceptors (Lipinski definition) is 13. The second-order valence-corrected chi connectivity index (χ2v) is 21.2. The molecule has 4 saturated carbocycles. The molecular weight excluding hydrogens is 968 g/mol. The Labute approximate surface area is 452 Å². The van der Waals surface area contributed by atoms with Gasteiger partial charge in [0.2, 0.25) is 11.2 Å². The smallest absolute Gasteiger partial charge is 0.227 e. The van der Waals surface area contributed by atoms with Gasteiger partial charge in [-0.3, -0.25) is 0 Å². The first-order chi connectivity index (χ1) is 37.2. The molecule has 0 amide bonds. The van der Waals surface area contributed by atoms with Gasteiger partial charge in [0.05, 0.1) is 12.7 Å². The van der Waals surface area contributed by atoms with Crippen molar-refractivity contribution in [2.24, 2.45) is 17.2 Å². The van der Waals surface area contributed by atoms with Crippen molar-refractivity contribution >= 4 is 51.5 Å². The molecule has 4 heterocycles. The number of nitrogens with zero attached hydrogens (tertiary/aromatic N) is 8. The summed E-state index contributed by atoms with van der Waals surface area (Å²) in [7, 11) is 0. The molecular formula is C60H77ClN14O. The molecule has 16 heteroatoms. The summed E-state index contributed by atoms with van der Waals surface area (Å²) in [5.74, 6) is 2.16. The van der Waals surface area contributed by atoms with Crippen LogP contribution in [0.5, 0.6) is 0 Å². The van der Waals surface area contributed by atoms with Crippen molar-refractivity contribution in [3.63, 3.8) is 0 Å². The number of imidazole rings is 2. The molecule has 8 aromatic rings. The number of fused-ring (bicyclic) bond motifs is 2. The van der Waals surface area contributed by atoms with Crippen molar-refractivity contribution in [1.82, 2.24) is 39.0 Å². The number of nitrogens with one attached hydrogen (secondary N) is 3. The quantitative estimate of drug-likeness (QED) is 0.0567. The molecule has 10 N–H and O–H groups in total. The SMILES string of the molecule is CCO.Clc1nc(NCc2ccc(-c3ccccc3)cc2)c2ncn(C3CCCC3)c2n1.NC1CCC(N)CC1.NC1CCC(Nc2nc(NCc3ccc(-c4ccccc4)cc3)c3ncn(C4CCCC4)c3n2)CC1. The fraction of sp³-hybridized carbons (Fsp3) is 0.433. The Kier molecular flexibility index (Phi) is 19.3. The first kappa shape index (κ1) is 54.3. The molecule has 0 unspecified atom stereocenters. The molecule has 76 heavy (non-hydrogen) atoms. The Morgan fingerprint density at radius 1 is 0.500 bits per heavy atom. The van der Waals surface area contributed by atoms with Crippen molar-refractivity contribution in [2.45, 2.75) is 159 Å². The standard InChI is InChI=1S/C29H35N7.C23H22ClN5.C6H14N2.C2H6O/c30-23-14-16-24(17-15-23)33-29-34-27(26-28(35-29)36(19-32-26)25-8-4-5-9-25)31-18-20-10-12-22(13-11-20)21-6-2-1-3-7-21;24-23-27-21(20-22(28-23)29(15-26-20)19-8-4-5-9-19)25-14-16-10-12-18(13-11-16)17-6-2-1-3-7-17;7-5-1-2-6(8)4-3-5;1-2-3/h1-3,6-7,10-13,19,23-25H,4-5,8-9,14-18,30H2,(H2,31,33,34,35);1-3,6-7,10-13,15,19H,4-5,8-9,14H2,(H,25,27,28);5-6H,1-4,7-8H2;3H,2H2,1H3. The van der Waals surface area contributed by atoms with Crippen LogP contribution in [0, 0.1) is 0 Å². The molecule has 4 aliphatic carbocycles. The maximum absolute atomic E-state index is 7.57. The highest BCUT2D eigenvalue weighted by atomic mass is 35.5. The van der Waals surface area contributed by atoms with Crippen molar-refractivity contribution in [3.8, 4) is 22.3 Å². The van der Waals surface area contributed by atoms with Crippen LogP contribution in [-0.2, 0) is 13.1 Å². The van der Waals surface area contributed by atoms with E-state index in [1.807, 2.05) is 24.8 Å². The largest absolute Gasteiger partial charge is 0.397 e. The van der Waals surface area contributed by atoms with Gasteiger partial charge >= 0.3 is 0 Å². The molecule has 0 atom stereocenters. The third kappa shape index (κ3) is 14.5. The van der Waals surface area contributed by atoms with Crippen molar-refractivity contribution < 1.29 is 5.11 Å². The Balaban J connectivity index is 0.000000157. The molecule has 15 nitrogen and oxygen atoms in total. The highest BCUT2D eigenvalue weighted by molar-refractivity contribution is 6.28. The molecule has 0 spiro atoms. The number of hydrogen-bond donors (Lipinski definition) is 7. The van der Waals surface area contributed by atoms with Crippen LogP contribution in [0.3, 0.4) is 0 Å². The number of nitrogens with two attached hydrogens (primary N) is 3. The lowest BCUT2D eigenvalue weighted by atomic mass is 9.92. The van der Waals surface area contributed by atoms with Crippen molar-refractivity contribution in [2.75, 3.05) is 22.6 Å². The summed E-state index contributed by atoms with van der Waals surface area (Å²) in [6, 6.07) is 40.6. The third-order valence-electron chi connectivity index (χ3n) is 15.2. The van der Waals surface area contributed by atoms with Gasteiger partial charge in [-0.1, -0.05) is 135 Å². The predicted molar refractivity (Wildman–Crippen MR) is 310 cm³/mol. The topological polar surface area (TPSA) is 222 Å². The van der Waals surface area contributed by atoms with E-state index in [9.17, 15) is 0 Å². The van der Waals surface area contributed by atoms with Gasteiger partial charge in [0.15, 0.2) is 34.0 Å². The van der Waals surface area contributed by atoms with Gasteiger partial charge in [0.1, 0.15) is 0 Å². The Bertz CT molecular complexity index is 2990. The minimum Gasteiger partial charge on any atom is -0.397 e. The van der Waals surface area contributed by atoms with E-state index < -0.39 is 0 Å². The molecule has 4 fully saturated rings. The molecule has 4 aromatic heterocycles. The summed E-state index contributed by atoms with van der Waals surface area (Å²) in [6.07, 6.45) is 22.3. The number of halogens is 1. The van der Waals surface area contributed by atoms with Crippen LogP contribution in [0.15, 0.2) is 122 Å². The Hall–Kier alpha value is -6.49. The summed E-state index contributed by atoms with van der Waals surface area (Å²) < 4.78 is 4.43. The highest BCUT2D eigenvalue weighted by Gasteiger charge is 2.25. The first-order valence-electron chi connectivity index (χ1n) is 27.8. The average molecular weight is 1050 g/mol. The number of aromatic nitrogens is 8. The molecule has 4 aromatic carbocycles. The lowest BCUT2D eigenvalue weighted by Crippen LogP contribution is -2.33. The monoisotopic (exact) mass is 1040 g/mol. The zero-order valence-electron chi connectivity index (χ0n) is 44.1. The molecule has 400 valence electrons. The van der Waals surface area contributed by atoms with E-state index in [4.69, 9.17) is 48.9 Å². The van der Waals surface area contributed by atoms with Crippen LogP contribution in [0.25, 0.3) is 44.6 Å². The van der Waals surface area contributed by atoms with Gasteiger partial charge < -0.3 is 47.4 Å². The van der Waals surface area contributed by atoms with E-state index in [0.29, 0.717) is 61.1 Å². The predicted octanol–water partition coefficient (Wildman–Crippen LogP) is 12.0. The van der Waals surface area contributed by atoms with E-state index in [1.165, 1.54) is 84.7 Å². The molecule has 0 bridgehead atoms.